The quantitative estimate of drug-likeness (QED) is 0.300. The predicted molar refractivity (Wildman–Crippen MR) is 127 cm³/mol. The molecule has 0 spiro atoms. The van der Waals surface area contributed by atoms with E-state index in [9.17, 15) is 27.2 Å². The second kappa shape index (κ2) is 9.79. The Morgan fingerprint density at radius 2 is 1.78 bits per heavy atom. The monoisotopic (exact) mass is 539 g/mol. The van der Waals surface area contributed by atoms with Crippen LogP contribution >= 0.6 is 23.2 Å². The van der Waals surface area contributed by atoms with Crippen LogP contribution in [0.5, 0.6) is 5.75 Å². The van der Waals surface area contributed by atoms with Gasteiger partial charge < -0.3 is 10.1 Å². The molecule has 4 aromatic rings. The molecule has 3 aromatic carbocycles. The highest BCUT2D eigenvalue weighted by molar-refractivity contribution is 6.36. The van der Waals surface area contributed by atoms with E-state index >= 15 is 0 Å². The second-order valence-electron chi connectivity index (χ2n) is 7.67. The van der Waals surface area contributed by atoms with Crippen molar-refractivity contribution in [2.24, 2.45) is 0 Å². The standard InChI is InChI=1S/C24H15Cl2F4N3O3/c1-12-15(25)8-14(9-16(12)26)22(34)32-18-7-6-17(27)21-20(18)23(35)33(11-31-21)10-13-4-2-3-5-19(13)36-24(28,29)30/h2-9,11H,10H2,1H3,(H,32,34). The van der Waals surface area contributed by atoms with Crippen molar-refractivity contribution in [3.63, 3.8) is 0 Å². The molecular weight excluding hydrogens is 525 g/mol. The molecule has 1 heterocycles. The Balaban J connectivity index is 1.75. The molecule has 0 bridgehead atoms. The van der Waals surface area contributed by atoms with Crippen molar-refractivity contribution in [3.05, 3.63) is 97.8 Å². The first kappa shape index (κ1) is 25.5. The number of benzene rings is 3. The minimum atomic E-state index is -4.94. The fourth-order valence-electron chi connectivity index (χ4n) is 3.46. The summed E-state index contributed by atoms with van der Waals surface area (Å²) in [6.45, 7) is 1.31. The normalized spacial score (nSPS) is 11.5. The van der Waals surface area contributed by atoms with Gasteiger partial charge >= 0.3 is 6.36 Å². The smallest absolute Gasteiger partial charge is 0.405 e. The number of hydrogen-bond donors (Lipinski definition) is 1. The number of rotatable bonds is 5. The van der Waals surface area contributed by atoms with Crippen LogP contribution in [0.25, 0.3) is 10.9 Å². The molecule has 0 aliphatic rings. The second-order valence-corrected chi connectivity index (χ2v) is 8.49. The summed E-state index contributed by atoms with van der Waals surface area (Å²) in [7, 11) is 0. The van der Waals surface area contributed by atoms with Crippen LogP contribution < -0.4 is 15.6 Å². The van der Waals surface area contributed by atoms with Crippen LogP contribution in [-0.2, 0) is 6.54 Å². The van der Waals surface area contributed by atoms with Gasteiger partial charge in [-0.25, -0.2) is 9.37 Å². The van der Waals surface area contributed by atoms with Gasteiger partial charge in [-0.1, -0.05) is 41.4 Å². The summed E-state index contributed by atoms with van der Waals surface area (Å²) in [6.07, 6.45) is -3.94. The Hall–Kier alpha value is -3.63. The average molecular weight is 540 g/mol. The Labute approximate surface area is 211 Å². The van der Waals surface area contributed by atoms with Crippen LogP contribution in [-0.4, -0.2) is 21.8 Å². The number of anilines is 1. The van der Waals surface area contributed by atoms with Gasteiger partial charge in [0.05, 0.1) is 23.9 Å². The van der Waals surface area contributed by atoms with Gasteiger partial charge in [-0.15, -0.1) is 13.2 Å². The van der Waals surface area contributed by atoms with E-state index in [1.54, 1.807) is 6.92 Å². The summed E-state index contributed by atoms with van der Waals surface area (Å²) in [5.74, 6) is -2.00. The highest BCUT2D eigenvalue weighted by atomic mass is 35.5. The van der Waals surface area contributed by atoms with Crippen molar-refractivity contribution < 1.29 is 27.1 Å². The Kier molecular flexibility index (Phi) is 6.92. The van der Waals surface area contributed by atoms with E-state index in [1.165, 1.54) is 36.4 Å². The third kappa shape index (κ3) is 5.29. The molecule has 36 heavy (non-hydrogen) atoms. The van der Waals surface area contributed by atoms with Gasteiger partial charge in [0.1, 0.15) is 17.1 Å². The van der Waals surface area contributed by atoms with Crippen molar-refractivity contribution >= 4 is 45.7 Å². The molecule has 12 heteroatoms. The number of ether oxygens (including phenoxy) is 1. The molecule has 0 aliphatic carbocycles. The first-order chi connectivity index (χ1) is 16.9. The van der Waals surface area contributed by atoms with Gasteiger partial charge in [0.25, 0.3) is 11.5 Å². The molecule has 0 aliphatic heterocycles. The lowest BCUT2D eigenvalue weighted by atomic mass is 10.1. The molecule has 0 saturated carbocycles. The van der Waals surface area contributed by atoms with E-state index in [4.69, 9.17) is 23.2 Å². The summed E-state index contributed by atoms with van der Waals surface area (Å²) < 4.78 is 57.8. The van der Waals surface area contributed by atoms with Crippen LogP contribution in [0, 0.1) is 12.7 Å². The maximum Gasteiger partial charge on any atom is 0.573 e. The van der Waals surface area contributed by atoms with Crippen molar-refractivity contribution in [1.82, 2.24) is 9.55 Å². The molecule has 0 unspecified atom stereocenters. The van der Waals surface area contributed by atoms with E-state index in [-0.39, 0.29) is 44.3 Å². The highest BCUT2D eigenvalue weighted by Gasteiger charge is 2.32. The molecule has 0 radical (unpaired) electrons. The minimum Gasteiger partial charge on any atom is -0.405 e. The predicted octanol–water partition coefficient (Wildman–Crippen LogP) is 6.35. The zero-order chi connectivity index (χ0) is 26.2. The summed E-state index contributed by atoms with van der Waals surface area (Å²) in [5, 5.41) is 2.75. The zero-order valence-corrected chi connectivity index (χ0v) is 19.8. The molecule has 0 saturated heterocycles. The third-order valence-electron chi connectivity index (χ3n) is 5.26. The molecule has 4 rings (SSSR count). The first-order valence-corrected chi connectivity index (χ1v) is 11.0. The average Bonchev–Trinajstić information content (AvgIpc) is 2.80. The fraction of sp³-hybridized carbons (Fsp3) is 0.125. The Morgan fingerprint density at radius 1 is 1.11 bits per heavy atom. The Bertz CT molecular complexity index is 1530. The topological polar surface area (TPSA) is 73.2 Å². The van der Waals surface area contributed by atoms with Crippen molar-refractivity contribution in [2.75, 3.05) is 5.32 Å². The van der Waals surface area contributed by atoms with Gasteiger partial charge in [-0.3, -0.25) is 14.2 Å². The van der Waals surface area contributed by atoms with Gasteiger partial charge in [0.15, 0.2) is 0 Å². The van der Waals surface area contributed by atoms with Crippen LogP contribution in [0.2, 0.25) is 10.0 Å². The maximum absolute atomic E-state index is 14.5. The summed E-state index contributed by atoms with van der Waals surface area (Å²) in [5.41, 5.74) is -0.482. The first-order valence-electron chi connectivity index (χ1n) is 10.2. The molecule has 6 nitrogen and oxygen atoms in total. The van der Waals surface area contributed by atoms with Gasteiger partial charge in [0.2, 0.25) is 0 Å². The van der Waals surface area contributed by atoms with E-state index in [2.05, 4.69) is 15.0 Å². The van der Waals surface area contributed by atoms with Crippen molar-refractivity contribution in [3.8, 4) is 5.75 Å². The van der Waals surface area contributed by atoms with Crippen molar-refractivity contribution in [1.29, 1.82) is 0 Å². The van der Waals surface area contributed by atoms with Crippen LogP contribution in [0.1, 0.15) is 21.5 Å². The molecule has 0 atom stereocenters. The number of aromatic nitrogens is 2. The maximum atomic E-state index is 14.5. The van der Waals surface area contributed by atoms with E-state index in [0.29, 0.717) is 5.56 Å². The molecule has 1 aromatic heterocycles. The number of fused-ring (bicyclic) bond motifs is 1. The van der Waals surface area contributed by atoms with Crippen LogP contribution in [0.4, 0.5) is 23.2 Å². The third-order valence-corrected chi connectivity index (χ3v) is 6.05. The van der Waals surface area contributed by atoms with Crippen LogP contribution in [0.3, 0.4) is 0 Å². The SMILES string of the molecule is Cc1c(Cl)cc(C(=O)Nc2ccc(F)c3ncn(Cc4ccccc4OC(F)(F)F)c(=O)c23)cc1Cl. The largest absolute Gasteiger partial charge is 0.573 e. The molecule has 1 N–H and O–H groups in total. The number of para-hydroxylation sites is 1. The number of hydrogen-bond acceptors (Lipinski definition) is 4. The Morgan fingerprint density at radius 3 is 2.44 bits per heavy atom. The van der Waals surface area contributed by atoms with Gasteiger partial charge in [-0.2, -0.15) is 0 Å². The lowest BCUT2D eigenvalue weighted by molar-refractivity contribution is -0.274. The number of carbonyl (C=O) groups is 1. The minimum absolute atomic E-state index is 0.0315. The number of alkyl halides is 3. The number of carbonyl (C=O) groups excluding carboxylic acids is 1. The molecule has 0 fully saturated rings. The van der Waals surface area contributed by atoms with Crippen LogP contribution in [0.15, 0.2) is 59.7 Å². The molecular formula is C24H15Cl2F4N3O3. The fourth-order valence-corrected chi connectivity index (χ4v) is 3.95. The van der Waals surface area contributed by atoms with E-state index < -0.39 is 29.4 Å². The summed E-state index contributed by atoms with van der Waals surface area (Å²) in [6, 6.07) is 10.2. The highest BCUT2D eigenvalue weighted by Crippen LogP contribution is 2.29. The van der Waals surface area contributed by atoms with Crippen molar-refractivity contribution in [2.45, 2.75) is 19.8 Å². The number of nitrogens with zero attached hydrogens (tertiary/aromatic N) is 2. The zero-order valence-electron chi connectivity index (χ0n) is 18.3. The molecule has 186 valence electrons. The van der Waals surface area contributed by atoms with E-state index in [0.717, 1.165) is 23.0 Å². The lowest BCUT2D eigenvalue weighted by Gasteiger charge is -2.15. The molecule has 1 amide bonds. The summed E-state index contributed by atoms with van der Waals surface area (Å²) >= 11 is 12.2. The van der Waals surface area contributed by atoms with Gasteiger partial charge in [0, 0.05) is 21.2 Å². The summed E-state index contributed by atoms with van der Waals surface area (Å²) in [4.78, 5) is 30.1. The lowest BCUT2D eigenvalue weighted by Crippen LogP contribution is -2.24. The number of amides is 1. The van der Waals surface area contributed by atoms with E-state index in [1.807, 2.05) is 0 Å². The number of halogens is 6. The number of nitrogens with one attached hydrogen (secondary N) is 1. The van der Waals surface area contributed by atoms with Gasteiger partial charge in [-0.05, 0) is 42.8 Å².